The third kappa shape index (κ3) is 4.13. The lowest BCUT2D eigenvalue weighted by Gasteiger charge is -2.39. The number of aromatic nitrogens is 4. The molecular formula is C18H28N6O2. The molecule has 2 heterocycles. The molecule has 0 bridgehead atoms. The van der Waals surface area contributed by atoms with Crippen molar-refractivity contribution in [1.29, 1.82) is 0 Å². The average Bonchev–Trinajstić information content (AvgIpc) is 3.16. The Bertz CT molecular complexity index is 684. The fourth-order valence-corrected chi connectivity index (χ4v) is 3.49. The summed E-state index contributed by atoms with van der Waals surface area (Å²) >= 11 is 0. The van der Waals surface area contributed by atoms with Gasteiger partial charge in [0.15, 0.2) is 5.82 Å². The van der Waals surface area contributed by atoms with Gasteiger partial charge in [-0.1, -0.05) is 13.0 Å². The zero-order chi connectivity index (χ0) is 18.4. The van der Waals surface area contributed by atoms with Gasteiger partial charge in [-0.15, -0.1) is 5.10 Å². The van der Waals surface area contributed by atoms with Crippen LogP contribution in [0, 0.1) is 0 Å². The van der Waals surface area contributed by atoms with E-state index < -0.39 is 0 Å². The van der Waals surface area contributed by atoms with Gasteiger partial charge in [0.25, 0.3) is 0 Å². The van der Waals surface area contributed by atoms with Crippen LogP contribution in [0.2, 0.25) is 0 Å². The second-order valence-electron chi connectivity index (χ2n) is 6.40. The number of ether oxygens (including phenoxy) is 2. The fraction of sp³-hybridized carbons (Fsp3) is 0.611. The normalized spacial score (nSPS) is 16.7. The molecule has 1 fully saturated rings. The predicted octanol–water partition coefficient (Wildman–Crippen LogP) is 1.60. The summed E-state index contributed by atoms with van der Waals surface area (Å²) in [6.45, 7) is 7.39. The fourth-order valence-electron chi connectivity index (χ4n) is 3.49. The summed E-state index contributed by atoms with van der Waals surface area (Å²) in [5, 5.41) is 12.3. The molecule has 0 aliphatic carbocycles. The van der Waals surface area contributed by atoms with Gasteiger partial charge in [0, 0.05) is 45.0 Å². The van der Waals surface area contributed by atoms with Crippen molar-refractivity contribution in [1.82, 2.24) is 25.1 Å². The quantitative estimate of drug-likeness (QED) is 0.708. The first-order valence-electron chi connectivity index (χ1n) is 9.14. The minimum absolute atomic E-state index is 0.231. The van der Waals surface area contributed by atoms with Crippen LogP contribution in [0.3, 0.4) is 0 Å². The van der Waals surface area contributed by atoms with Crippen molar-refractivity contribution in [3.8, 4) is 5.75 Å². The van der Waals surface area contributed by atoms with E-state index >= 15 is 0 Å². The van der Waals surface area contributed by atoms with E-state index in [0.29, 0.717) is 13.2 Å². The standard InChI is InChI=1S/C18H28N6O2/c1-4-17(18-19-20-21-24(18)12-13-25-2)23-10-8-22(9-11-23)15-6-5-7-16(14-15)26-3/h5-7,14,17H,4,8-13H2,1-3H3/t17-/m1/s1. The lowest BCUT2D eigenvalue weighted by molar-refractivity contribution is 0.157. The molecule has 1 atom stereocenters. The van der Waals surface area contributed by atoms with Crippen molar-refractivity contribution in [3.05, 3.63) is 30.1 Å². The predicted molar refractivity (Wildman–Crippen MR) is 99.5 cm³/mol. The molecule has 0 spiro atoms. The number of rotatable bonds is 8. The lowest BCUT2D eigenvalue weighted by Crippen LogP contribution is -2.48. The van der Waals surface area contributed by atoms with Crippen molar-refractivity contribution < 1.29 is 9.47 Å². The monoisotopic (exact) mass is 360 g/mol. The van der Waals surface area contributed by atoms with Crippen molar-refractivity contribution in [2.45, 2.75) is 25.9 Å². The van der Waals surface area contributed by atoms with Crippen LogP contribution < -0.4 is 9.64 Å². The van der Waals surface area contributed by atoms with E-state index in [1.807, 2.05) is 16.8 Å². The Morgan fingerprint density at radius 3 is 2.65 bits per heavy atom. The topological polar surface area (TPSA) is 68.5 Å². The van der Waals surface area contributed by atoms with Crippen LogP contribution in [0.5, 0.6) is 5.75 Å². The van der Waals surface area contributed by atoms with Gasteiger partial charge in [-0.2, -0.15) is 0 Å². The Hall–Kier alpha value is -2.19. The van der Waals surface area contributed by atoms with Crippen LogP contribution in [0.25, 0.3) is 0 Å². The molecule has 142 valence electrons. The molecule has 1 aromatic heterocycles. The van der Waals surface area contributed by atoms with E-state index in [-0.39, 0.29) is 6.04 Å². The van der Waals surface area contributed by atoms with Crippen LogP contribution in [0.4, 0.5) is 5.69 Å². The van der Waals surface area contributed by atoms with Gasteiger partial charge in [0.05, 0.1) is 26.3 Å². The van der Waals surface area contributed by atoms with Gasteiger partial charge < -0.3 is 14.4 Å². The Morgan fingerprint density at radius 2 is 1.96 bits per heavy atom. The molecule has 0 saturated carbocycles. The molecule has 26 heavy (non-hydrogen) atoms. The summed E-state index contributed by atoms with van der Waals surface area (Å²) in [6, 6.07) is 8.49. The highest BCUT2D eigenvalue weighted by molar-refractivity contribution is 5.51. The molecule has 1 aliphatic rings. The third-order valence-electron chi connectivity index (χ3n) is 4.93. The number of anilines is 1. The first kappa shape index (κ1) is 18.6. The van der Waals surface area contributed by atoms with Crippen molar-refractivity contribution >= 4 is 5.69 Å². The van der Waals surface area contributed by atoms with Gasteiger partial charge >= 0.3 is 0 Å². The maximum absolute atomic E-state index is 5.34. The highest BCUT2D eigenvalue weighted by Gasteiger charge is 2.28. The van der Waals surface area contributed by atoms with Crippen molar-refractivity contribution in [2.75, 3.05) is 51.9 Å². The maximum Gasteiger partial charge on any atom is 0.168 e. The molecule has 3 rings (SSSR count). The van der Waals surface area contributed by atoms with Crippen LogP contribution in [0.1, 0.15) is 25.2 Å². The molecule has 8 heteroatoms. The SMILES string of the molecule is CC[C@H](c1nnnn1CCOC)N1CCN(c2cccc(OC)c2)CC1. The van der Waals surface area contributed by atoms with Gasteiger partial charge in [0.1, 0.15) is 5.75 Å². The van der Waals surface area contributed by atoms with Gasteiger partial charge in [-0.3, -0.25) is 4.90 Å². The highest BCUT2D eigenvalue weighted by atomic mass is 16.5. The molecule has 0 N–H and O–H groups in total. The number of hydrogen-bond acceptors (Lipinski definition) is 7. The van der Waals surface area contributed by atoms with Crippen LogP contribution in [0.15, 0.2) is 24.3 Å². The molecule has 0 unspecified atom stereocenters. The van der Waals surface area contributed by atoms with E-state index in [2.05, 4.69) is 44.4 Å². The Kier molecular flexibility index (Phi) is 6.40. The largest absolute Gasteiger partial charge is 0.497 e. The summed E-state index contributed by atoms with van der Waals surface area (Å²) in [7, 11) is 3.40. The number of hydrogen-bond donors (Lipinski definition) is 0. The van der Waals surface area contributed by atoms with E-state index in [9.17, 15) is 0 Å². The molecule has 1 aromatic carbocycles. The second kappa shape index (κ2) is 8.95. The number of tetrazole rings is 1. The number of nitrogens with zero attached hydrogens (tertiary/aromatic N) is 6. The van der Waals surface area contributed by atoms with E-state index in [0.717, 1.165) is 44.2 Å². The number of methoxy groups -OCH3 is 2. The first-order valence-corrected chi connectivity index (χ1v) is 9.14. The van der Waals surface area contributed by atoms with Crippen LogP contribution in [-0.2, 0) is 11.3 Å². The zero-order valence-electron chi connectivity index (χ0n) is 15.8. The van der Waals surface area contributed by atoms with Gasteiger partial charge in [-0.05, 0) is 29.0 Å². The van der Waals surface area contributed by atoms with Crippen LogP contribution >= 0.6 is 0 Å². The van der Waals surface area contributed by atoms with Gasteiger partial charge in [0.2, 0.25) is 0 Å². The molecule has 0 radical (unpaired) electrons. The highest BCUT2D eigenvalue weighted by Crippen LogP contribution is 2.26. The Morgan fingerprint density at radius 1 is 1.15 bits per heavy atom. The zero-order valence-corrected chi connectivity index (χ0v) is 15.8. The van der Waals surface area contributed by atoms with E-state index in [1.54, 1.807) is 14.2 Å². The van der Waals surface area contributed by atoms with Crippen molar-refractivity contribution in [2.24, 2.45) is 0 Å². The molecule has 0 amide bonds. The molecule has 2 aromatic rings. The smallest absolute Gasteiger partial charge is 0.168 e. The molecule has 1 aliphatic heterocycles. The van der Waals surface area contributed by atoms with E-state index in [4.69, 9.17) is 9.47 Å². The minimum atomic E-state index is 0.231. The van der Waals surface area contributed by atoms with Crippen molar-refractivity contribution in [3.63, 3.8) is 0 Å². The summed E-state index contributed by atoms with van der Waals surface area (Å²) in [6.07, 6.45) is 0.979. The Balaban J connectivity index is 1.65. The summed E-state index contributed by atoms with van der Waals surface area (Å²) in [5.74, 6) is 1.83. The summed E-state index contributed by atoms with van der Waals surface area (Å²) < 4.78 is 12.4. The van der Waals surface area contributed by atoms with Gasteiger partial charge in [-0.25, -0.2) is 4.68 Å². The number of piperazine rings is 1. The summed E-state index contributed by atoms with van der Waals surface area (Å²) in [5.41, 5.74) is 1.21. The molecule has 8 nitrogen and oxygen atoms in total. The third-order valence-corrected chi connectivity index (χ3v) is 4.93. The first-order chi connectivity index (χ1) is 12.8. The lowest BCUT2D eigenvalue weighted by atomic mass is 10.1. The van der Waals surface area contributed by atoms with Crippen LogP contribution in [-0.4, -0.2) is 72.1 Å². The number of benzene rings is 1. The Labute approximate surface area is 154 Å². The van der Waals surface area contributed by atoms with E-state index in [1.165, 1.54) is 5.69 Å². The average molecular weight is 360 g/mol. The summed E-state index contributed by atoms with van der Waals surface area (Å²) in [4.78, 5) is 4.88. The molecule has 1 saturated heterocycles. The maximum atomic E-state index is 5.34. The minimum Gasteiger partial charge on any atom is -0.497 e. The molecular weight excluding hydrogens is 332 g/mol. The second-order valence-corrected chi connectivity index (χ2v) is 6.40.